The molecule has 1 heterocycles. The third-order valence-electron chi connectivity index (χ3n) is 5.12. The molecule has 3 rings (SSSR count). The van der Waals surface area contributed by atoms with Crippen molar-refractivity contribution in [1.82, 2.24) is 0 Å². The summed E-state index contributed by atoms with van der Waals surface area (Å²) in [6.07, 6.45) is 9.55. The van der Waals surface area contributed by atoms with Gasteiger partial charge in [-0.25, -0.2) is 0 Å². The quantitative estimate of drug-likeness (QED) is 0.801. The maximum Gasteiger partial charge on any atom is 0.155 e. The Balaban J connectivity index is 1.69. The minimum absolute atomic E-state index is 0.0404. The van der Waals surface area contributed by atoms with Gasteiger partial charge in [0.15, 0.2) is 5.78 Å². The van der Waals surface area contributed by atoms with Crippen molar-refractivity contribution in [3.05, 3.63) is 0 Å². The average molecular weight is 237 g/mol. The summed E-state index contributed by atoms with van der Waals surface area (Å²) in [7, 11) is 0. The van der Waals surface area contributed by atoms with E-state index in [1.54, 1.807) is 0 Å². The second kappa shape index (κ2) is 4.06. The van der Waals surface area contributed by atoms with Crippen molar-refractivity contribution in [3.63, 3.8) is 0 Å². The average Bonchev–Trinajstić information content (AvgIpc) is 2.73. The van der Waals surface area contributed by atoms with Crippen LogP contribution in [-0.2, 0) is 9.53 Å². The molecular weight excluding hydrogens is 214 g/mol. The van der Waals surface area contributed by atoms with Gasteiger partial charge in [-0.1, -0.05) is 12.8 Å². The summed E-state index contributed by atoms with van der Waals surface area (Å²) in [5, 5.41) is 0. The highest BCUT2D eigenvalue weighted by atomic mass is 16.5. The molecule has 3 fully saturated rings. The van der Waals surface area contributed by atoms with Crippen LogP contribution in [-0.4, -0.2) is 23.5 Å². The van der Waals surface area contributed by atoms with E-state index in [0.29, 0.717) is 5.78 Å². The van der Waals surface area contributed by atoms with Crippen LogP contribution in [0.4, 0.5) is 0 Å². The molecule has 17 heavy (non-hydrogen) atoms. The summed E-state index contributed by atoms with van der Waals surface area (Å²) < 4.78 is 5.98. The van der Waals surface area contributed by atoms with Crippen molar-refractivity contribution in [3.8, 4) is 0 Å². The number of ketones is 1. The lowest BCUT2D eigenvalue weighted by molar-refractivity contribution is -0.143. The van der Waals surface area contributed by atoms with Gasteiger partial charge in [-0.3, -0.25) is 4.79 Å². The van der Waals surface area contributed by atoms with Crippen molar-refractivity contribution in [2.75, 3.05) is 6.61 Å². The molecule has 2 saturated carbocycles. The van der Waals surface area contributed by atoms with E-state index < -0.39 is 5.54 Å². The first-order chi connectivity index (χ1) is 8.14. The lowest BCUT2D eigenvalue weighted by Gasteiger charge is -2.43. The Morgan fingerprint density at radius 1 is 1.12 bits per heavy atom. The van der Waals surface area contributed by atoms with Crippen LogP contribution in [0.5, 0.6) is 0 Å². The van der Waals surface area contributed by atoms with E-state index >= 15 is 0 Å². The summed E-state index contributed by atoms with van der Waals surface area (Å²) in [6, 6.07) is 0. The molecule has 3 aliphatic rings. The molecule has 0 aromatic heterocycles. The molecule has 1 unspecified atom stereocenters. The SMILES string of the molecule is NC1(C(=O)C2CCOC3(CCCC3)C2)CCC1. The Morgan fingerprint density at radius 3 is 2.41 bits per heavy atom. The van der Waals surface area contributed by atoms with Gasteiger partial charge in [-0.05, 0) is 44.9 Å². The summed E-state index contributed by atoms with van der Waals surface area (Å²) in [5.41, 5.74) is 5.74. The van der Waals surface area contributed by atoms with E-state index in [4.69, 9.17) is 10.5 Å². The van der Waals surface area contributed by atoms with Gasteiger partial charge in [0.2, 0.25) is 0 Å². The second-order valence-corrected chi connectivity index (χ2v) is 6.30. The first kappa shape index (κ1) is 11.7. The van der Waals surface area contributed by atoms with E-state index in [1.165, 1.54) is 12.8 Å². The molecule has 0 amide bonds. The number of Topliss-reactive ketones (excluding diaryl/α,β-unsaturated/α-hetero) is 1. The van der Waals surface area contributed by atoms with Gasteiger partial charge >= 0.3 is 0 Å². The van der Waals surface area contributed by atoms with Crippen LogP contribution in [0.1, 0.15) is 57.8 Å². The summed E-state index contributed by atoms with van der Waals surface area (Å²) in [4.78, 5) is 12.5. The maximum absolute atomic E-state index is 12.5. The zero-order valence-electron chi connectivity index (χ0n) is 10.5. The fourth-order valence-electron chi connectivity index (χ4n) is 3.83. The molecule has 0 aromatic rings. The van der Waals surface area contributed by atoms with Gasteiger partial charge in [-0.2, -0.15) is 0 Å². The molecule has 1 atom stereocenters. The van der Waals surface area contributed by atoms with Crippen molar-refractivity contribution in [2.45, 2.75) is 68.9 Å². The number of nitrogens with two attached hydrogens (primary N) is 1. The number of rotatable bonds is 2. The predicted octanol–water partition coefficient (Wildman–Crippen LogP) is 2.18. The molecule has 3 nitrogen and oxygen atoms in total. The predicted molar refractivity (Wildman–Crippen MR) is 65.7 cm³/mol. The first-order valence-corrected chi connectivity index (χ1v) is 7.11. The van der Waals surface area contributed by atoms with Gasteiger partial charge in [0, 0.05) is 12.5 Å². The molecule has 3 heteroatoms. The third-order valence-corrected chi connectivity index (χ3v) is 5.12. The fraction of sp³-hybridized carbons (Fsp3) is 0.929. The highest BCUT2D eigenvalue weighted by Crippen LogP contribution is 2.44. The van der Waals surface area contributed by atoms with Crippen LogP contribution in [0.3, 0.4) is 0 Å². The van der Waals surface area contributed by atoms with E-state index in [0.717, 1.165) is 51.6 Å². The molecule has 0 aromatic carbocycles. The van der Waals surface area contributed by atoms with Crippen molar-refractivity contribution in [1.29, 1.82) is 0 Å². The van der Waals surface area contributed by atoms with Crippen LogP contribution < -0.4 is 5.73 Å². The maximum atomic E-state index is 12.5. The molecule has 1 spiro atoms. The van der Waals surface area contributed by atoms with E-state index in [9.17, 15) is 4.79 Å². The molecule has 1 saturated heterocycles. The first-order valence-electron chi connectivity index (χ1n) is 7.11. The summed E-state index contributed by atoms with van der Waals surface area (Å²) >= 11 is 0. The van der Waals surface area contributed by atoms with E-state index in [-0.39, 0.29) is 11.5 Å². The highest BCUT2D eigenvalue weighted by Gasteiger charge is 2.48. The Hall–Kier alpha value is -0.410. The molecule has 0 radical (unpaired) electrons. The van der Waals surface area contributed by atoms with Gasteiger partial charge in [0.05, 0.1) is 11.1 Å². The minimum Gasteiger partial charge on any atom is -0.375 e. The van der Waals surface area contributed by atoms with Gasteiger partial charge < -0.3 is 10.5 Å². The molecule has 1 aliphatic heterocycles. The highest BCUT2D eigenvalue weighted by molar-refractivity contribution is 5.91. The van der Waals surface area contributed by atoms with Crippen LogP contribution in [0.15, 0.2) is 0 Å². The molecule has 0 bridgehead atoms. The summed E-state index contributed by atoms with van der Waals surface area (Å²) in [6.45, 7) is 0.756. The zero-order chi connectivity index (χ0) is 11.9. The fourth-order valence-corrected chi connectivity index (χ4v) is 3.83. The monoisotopic (exact) mass is 237 g/mol. The van der Waals surface area contributed by atoms with Gasteiger partial charge in [0.25, 0.3) is 0 Å². The number of carbonyl (C=O) groups excluding carboxylic acids is 1. The van der Waals surface area contributed by atoms with Crippen LogP contribution >= 0.6 is 0 Å². The number of hydrogen-bond donors (Lipinski definition) is 1. The van der Waals surface area contributed by atoms with Crippen molar-refractivity contribution < 1.29 is 9.53 Å². The smallest absolute Gasteiger partial charge is 0.155 e. The second-order valence-electron chi connectivity index (χ2n) is 6.30. The van der Waals surface area contributed by atoms with E-state index in [2.05, 4.69) is 0 Å². The van der Waals surface area contributed by atoms with Crippen LogP contribution in [0, 0.1) is 5.92 Å². The Labute approximate surface area is 103 Å². The Kier molecular flexibility index (Phi) is 2.79. The standard InChI is InChI=1S/C14H23NO2/c15-14(7-3-8-14)12(16)11-4-9-17-13(10-11)5-1-2-6-13/h11H,1-10,15H2. The van der Waals surface area contributed by atoms with E-state index in [1.807, 2.05) is 0 Å². The van der Waals surface area contributed by atoms with Crippen molar-refractivity contribution in [2.24, 2.45) is 11.7 Å². The zero-order valence-corrected chi connectivity index (χ0v) is 10.5. The van der Waals surface area contributed by atoms with Crippen molar-refractivity contribution >= 4 is 5.78 Å². The third kappa shape index (κ3) is 1.93. The van der Waals surface area contributed by atoms with Crippen LogP contribution in [0.2, 0.25) is 0 Å². The minimum atomic E-state index is -0.470. The summed E-state index contributed by atoms with van der Waals surface area (Å²) in [5.74, 6) is 0.505. The van der Waals surface area contributed by atoms with Gasteiger partial charge in [-0.15, -0.1) is 0 Å². The molecule has 2 aliphatic carbocycles. The molecular formula is C14H23NO2. The number of hydrogen-bond acceptors (Lipinski definition) is 3. The number of carbonyl (C=O) groups is 1. The topological polar surface area (TPSA) is 52.3 Å². The van der Waals surface area contributed by atoms with Gasteiger partial charge in [0.1, 0.15) is 0 Å². The Morgan fingerprint density at radius 2 is 1.82 bits per heavy atom. The number of ether oxygens (including phenoxy) is 1. The normalized spacial score (nSPS) is 34.5. The largest absolute Gasteiger partial charge is 0.375 e. The Bertz CT molecular complexity index is 316. The molecule has 2 N–H and O–H groups in total. The van der Waals surface area contributed by atoms with Crippen LogP contribution in [0.25, 0.3) is 0 Å². The lowest BCUT2D eigenvalue weighted by atomic mass is 9.68. The lowest BCUT2D eigenvalue weighted by Crippen LogP contribution is -2.57. The molecule has 96 valence electrons.